The third-order valence-electron chi connectivity index (χ3n) is 3.53. The molecule has 0 heterocycles. The topological polar surface area (TPSA) is 86.6 Å². The average Bonchev–Trinajstić information content (AvgIpc) is 2.56. The Kier molecular flexibility index (Phi) is 3.68. The van der Waals surface area contributed by atoms with Crippen LogP contribution in [0.15, 0.2) is 60.7 Å². The zero-order valence-corrected chi connectivity index (χ0v) is 12.0. The van der Waals surface area contributed by atoms with Gasteiger partial charge >= 0.3 is 5.97 Å². The number of hydrogen-bond acceptors (Lipinski definition) is 3. The van der Waals surface area contributed by atoms with E-state index in [4.69, 9.17) is 5.11 Å². The third kappa shape index (κ3) is 2.85. The lowest BCUT2D eigenvalue weighted by molar-refractivity contribution is 0.0696. The van der Waals surface area contributed by atoms with Gasteiger partial charge in [0.25, 0.3) is 5.91 Å². The van der Waals surface area contributed by atoms with Crippen molar-refractivity contribution in [3.05, 3.63) is 71.8 Å². The van der Waals surface area contributed by atoms with Crippen LogP contribution in [0, 0.1) is 0 Å². The van der Waals surface area contributed by atoms with E-state index in [1.807, 2.05) is 30.3 Å². The monoisotopic (exact) mass is 307 g/mol. The number of benzene rings is 3. The van der Waals surface area contributed by atoms with Crippen LogP contribution in [0.2, 0.25) is 0 Å². The molecular formula is C18H13NO4. The predicted octanol–water partition coefficient (Wildman–Crippen LogP) is 3.50. The Morgan fingerprint density at radius 2 is 1.65 bits per heavy atom. The minimum absolute atomic E-state index is 0.0503. The summed E-state index contributed by atoms with van der Waals surface area (Å²) < 4.78 is 0. The number of carboxylic acid groups (broad SMARTS) is 1. The number of hydrogen-bond donors (Lipinski definition) is 3. The van der Waals surface area contributed by atoms with E-state index in [9.17, 15) is 14.7 Å². The number of fused-ring (bicyclic) bond motifs is 1. The fourth-order valence-corrected chi connectivity index (χ4v) is 2.38. The van der Waals surface area contributed by atoms with Gasteiger partial charge in [-0.1, -0.05) is 36.4 Å². The number of carbonyl (C=O) groups is 2. The normalized spacial score (nSPS) is 10.4. The van der Waals surface area contributed by atoms with Crippen molar-refractivity contribution in [1.82, 2.24) is 0 Å². The number of carbonyl (C=O) groups excluding carboxylic acids is 1. The molecule has 114 valence electrons. The lowest BCUT2D eigenvalue weighted by Gasteiger charge is -2.10. The fourth-order valence-electron chi connectivity index (χ4n) is 2.38. The molecule has 1 amide bonds. The maximum atomic E-state index is 12.5. The van der Waals surface area contributed by atoms with Gasteiger partial charge in [-0.3, -0.25) is 4.79 Å². The van der Waals surface area contributed by atoms with E-state index in [1.54, 1.807) is 12.1 Å². The molecule has 0 aliphatic rings. The van der Waals surface area contributed by atoms with Gasteiger partial charge in [-0.25, -0.2) is 4.79 Å². The first-order valence-electron chi connectivity index (χ1n) is 6.91. The first-order valence-corrected chi connectivity index (χ1v) is 6.91. The van der Waals surface area contributed by atoms with Gasteiger partial charge in [-0.15, -0.1) is 0 Å². The van der Waals surface area contributed by atoms with E-state index in [-0.39, 0.29) is 22.9 Å². The van der Waals surface area contributed by atoms with Crippen LogP contribution in [0.5, 0.6) is 5.75 Å². The third-order valence-corrected chi connectivity index (χ3v) is 3.53. The highest BCUT2D eigenvalue weighted by Crippen LogP contribution is 2.26. The summed E-state index contributed by atoms with van der Waals surface area (Å²) in [4.78, 5) is 23.3. The molecule has 3 aromatic carbocycles. The molecule has 0 atom stereocenters. The van der Waals surface area contributed by atoms with Gasteiger partial charge in [0.05, 0.1) is 11.3 Å². The summed E-state index contributed by atoms with van der Waals surface area (Å²) >= 11 is 0. The van der Waals surface area contributed by atoms with Crippen LogP contribution in [-0.2, 0) is 0 Å². The number of rotatable bonds is 3. The molecule has 0 saturated heterocycles. The summed E-state index contributed by atoms with van der Waals surface area (Å²) in [6.45, 7) is 0. The van der Waals surface area contributed by atoms with E-state index in [2.05, 4.69) is 5.32 Å². The molecule has 0 spiro atoms. The Morgan fingerprint density at radius 3 is 2.39 bits per heavy atom. The molecule has 0 unspecified atom stereocenters. The van der Waals surface area contributed by atoms with Crippen molar-refractivity contribution >= 4 is 28.3 Å². The molecule has 0 fully saturated rings. The zero-order chi connectivity index (χ0) is 16.4. The van der Waals surface area contributed by atoms with Gasteiger partial charge in [0.2, 0.25) is 0 Å². The van der Waals surface area contributed by atoms with E-state index in [0.717, 1.165) is 16.8 Å². The molecule has 3 rings (SSSR count). The Bertz CT molecular complexity index is 913. The SMILES string of the molecule is O=C(O)c1ccc(NC(=O)c2cccc3ccccc23)c(O)c1. The fraction of sp³-hybridized carbons (Fsp3) is 0. The van der Waals surface area contributed by atoms with Gasteiger partial charge in [0.15, 0.2) is 0 Å². The molecule has 5 nitrogen and oxygen atoms in total. The maximum absolute atomic E-state index is 12.5. The van der Waals surface area contributed by atoms with Crippen LogP contribution in [-0.4, -0.2) is 22.1 Å². The maximum Gasteiger partial charge on any atom is 0.335 e. The summed E-state index contributed by atoms with van der Waals surface area (Å²) in [6, 6.07) is 16.7. The molecule has 0 aliphatic heterocycles. The van der Waals surface area contributed by atoms with Crippen molar-refractivity contribution in [2.24, 2.45) is 0 Å². The van der Waals surface area contributed by atoms with Gasteiger partial charge in [0, 0.05) is 5.56 Å². The molecule has 0 bridgehead atoms. The van der Waals surface area contributed by atoms with Crippen molar-refractivity contribution < 1.29 is 19.8 Å². The van der Waals surface area contributed by atoms with Crippen LogP contribution >= 0.6 is 0 Å². The van der Waals surface area contributed by atoms with Gasteiger partial charge < -0.3 is 15.5 Å². The minimum atomic E-state index is -1.15. The summed E-state index contributed by atoms with van der Waals surface area (Å²) in [5, 5.41) is 23.1. The number of aromatic carboxylic acids is 1. The highest BCUT2D eigenvalue weighted by atomic mass is 16.4. The van der Waals surface area contributed by atoms with Gasteiger partial charge in [0.1, 0.15) is 5.75 Å². The largest absolute Gasteiger partial charge is 0.506 e. The van der Waals surface area contributed by atoms with Crippen molar-refractivity contribution in [1.29, 1.82) is 0 Å². The smallest absolute Gasteiger partial charge is 0.335 e. The van der Waals surface area contributed by atoms with Crippen LogP contribution in [0.3, 0.4) is 0 Å². The van der Waals surface area contributed by atoms with E-state index < -0.39 is 5.97 Å². The summed E-state index contributed by atoms with van der Waals surface area (Å²) in [5.41, 5.74) is 0.586. The number of nitrogens with one attached hydrogen (secondary N) is 1. The van der Waals surface area contributed by atoms with Gasteiger partial charge in [-0.2, -0.15) is 0 Å². The number of anilines is 1. The van der Waals surface area contributed by atoms with Crippen molar-refractivity contribution in [2.75, 3.05) is 5.32 Å². The molecule has 23 heavy (non-hydrogen) atoms. The van der Waals surface area contributed by atoms with Crippen LogP contribution in [0.1, 0.15) is 20.7 Å². The molecule has 5 heteroatoms. The van der Waals surface area contributed by atoms with Crippen LogP contribution < -0.4 is 5.32 Å². The summed E-state index contributed by atoms with van der Waals surface area (Å²) in [6.07, 6.45) is 0. The molecule has 0 saturated carbocycles. The molecule has 0 aliphatic carbocycles. The lowest BCUT2D eigenvalue weighted by Crippen LogP contribution is -2.12. The van der Waals surface area contributed by atoms with Gasteiger partial charge in [-0.05, 0) is 35.0 Å². The standard InChI is InChI=1S/C18H13NO4/c20-16-10-12(18(22)23)8-9-15(16)19-17(21)14-7-3-5-11-4-1-2-6-13(11)14/h1-10,20H,(H,19,21)(H,22,23). The van der Waals surface area contributed by atoms with Crippen molar-refractivity contribution in [3.63, 3.8) is 0 Å². The second-order valence-electron chi connectivity index (χ2n) is 5.02. The minimum Gasteiger partial charge on any atom is -0.506 e. The number of amides is 1. The second-order valence-corrected chi connectivity index (χ2v) is 5.02. The molecule has 3 aromatic rings. The number of carboxylic acids is 1. The summed E-state index contributed by atoms with van der Waals surface area (Å²) in [5.74, 6) is -1.81. The van der Waals surface area contributed by atoms with Crippen molar-refractivity contribution in [2.45, 2.75) is 0 Å². The number of phenolic OH excluding ortho intramolecular Hbond substituents is 1. The average molecular weight is 307 g/mol. The molecule has 3 N–H and O–H groups in total. The predicted molar refractivity (Wildman–Crippen MR) is 87.0 cm³/mol. The number of aromatic hydroxyl groups is 1. The Labute approximate surface area is 131 Å². The molecule has 0 radical (unpaired) electrons. The number of phenols is 1. The Morgan fingerprint density at radius 1 is 0.913 bits per heavy atom. The van der Waals surface area contributed by atoms with E-state index in [0.29, 0.717) is 5.56 Å². The lowest BCUT2D eigenvalue weighted by atomic mass is 10.0. The Balaban J connectivity index is 1.94. The quantitative estimate of drug-likeness (QED) is 0.646. The molecular weight excluding hydrogens is 294 g/mol. The van der Waals surface area contributed by atoms with Crippen LogP contribution in [0.4, 0.5) is 5.69 Å². The first kappa shape index (κ1) is 14.6. The summed E-state index contributed by atoms with van der Waals surface area (Å²) in [7, 11) is 0. The van der Waals surface area contributed by atoms with Crippen molar-refractivity contribution in [3.8, 4) is 5.75 Å². The van der Waals surface area contributed by atoms with E-state index >= 15 is 0 Å². The highest BCUT2D eigenvalue weighted by Gasteiger charge is 2.13. The Hall–Kier alpha value is -3.34. The zero-order valence-electron chi connectivity index (χ0n) is 12.0. The molecule has 0 aromatic heterocycles. The highest BCUT2D eigenvalue weighted by molar-refractivity contribution is 6.13. The second kappa shape index (κ2) is 5.81. The van der Waals surface area contributed by atoms with Crippen LogP contribution in [0.25, 0.3) is 10.8 Å². The van der Waals surface area contributed by atoms with E-state index in [1.165, 1.54) is 12.1 Å². The first-order chi connectivity index (χ1) is 11.1.